The van der Waals surface area contributed by atoms with E-state index in [1.165, 1.54) is 12.1 Å². The first kappa shape index (κ1) is 8.73. The van der Waals surface area contributed by atoms with Crippen molar-refractivity contribution in [1.29, 1.82) is 0 Å². The van der Waals surface area contributed by atoms with Crippen molar-refractivity contribution in [2.75, 3.05) is 0 Å². The molecule has 0 amide bonds. The van der Waals surface area contributed by atoms with Gasteiger partial charge in [0.15, 0.2) is 5.62 Å². The molecule has 0 aliphatic rings. The Morgan fingerprint density at radius 1 is 1.67 bits per heavy atom. The highest BCUT2D eigenvalue weighted by molar-refractivity contribution is 8.11. The number of nitrogens with zero attached hydrogens (tertiary/aromatic N) is 1. The Labute approximate surface area is 72.7 Å². The summed E-state index contributed by atoms with van der Waals surface area (Å²) in [6, 6.07) is 6.75. The maximum atomic E-state index is 10.2. The van der Waals surface area contributed by atoms with Gasteiger partial charge in [-0.25, -0.2) is 0 Å². The molecule has 0 spiro atoms. The van der Waals surface area contributed by atoms with Crippen molar-refractivity contribution in [3.05, 3.63) is 34.4 Å². The van der Waals surface area contributed by atoms with Crippen LogP contribution in [0.4, 0.5) is 5.69 Å². The van der Waals surface area contributed by atoms with Crippen LogP contribution in [0.3, 0.4) is 0 Å². The van der Waals surface area contributed by atoms with Crippen LogP contribution in [-0.4, -0.2) is 10.5 Å². The SMILES string of the molecule is O=CSc1cc[c]c([N+](=O)[O-])c1. The molecule has 0 aromatic heterocycles. The Kier molecular flexibility index (Phi) is 2.82. The topological polar surface area (TPSA) is 60.2 Å². The van der Waals surface area contributed by atoms with Crippen LogP contribution in [0, 0.1) is 16.2 Å². The fourth-order valence-electron chi connectivity index (χ4n) is 0.668. The largest absolute Gasteiger partial charge is 0.291 e. The van der Waals surface area contributed by atoms with Gasteiger partial charge in [0.2, 0.25) is 0 Å². The zero-order valence-corrected chi connectivity index (χ0v) is 6.71. The third-order valence-corrected chi connectivity index (χ3v) is 1.76. The number of hydrogen-bond acceptors (Lipinski definition) is 4. The third-order valence-electron chi connectivity index (χ3n) is 1.14. The summed E-state index contributed by atoms with van der Waals surface area (Å²) >= 11 is 0.902. The van der Waals surface area contributed by atoms with Crippen LogP contribution in [-0.2, 0) is 4.79 Å². The molecule has 12 heavy (non-hydrogen) atoms. The van der Waals surface area contributed by atoms with E-state index in [0.717, 1.165) is 11.8 Å². The number of nitro groups is 1. The van der Waals surface area contributed by atoms with Gasteiger partial charge in [0.25, 0.3) is 5.69 Å². The smallest absolute Gasteiger partial charge is 0.278 e. The Morgan fingerprint density at radius 2 is 2.42 bits per heavy atom. The number of benzene rings is 1. The van der Waals surface area contributed by atoms with Gasteiger partial charge in [0.1, 0.15) is 0 Å². The standard InChI is InChI=1S/C7H4NO3S/c9-5-12-7-3-1-2-6(4-7)8(10)11/h1,3-5H. The molecule has 0 unspecified atom stereocenters. The number of hydrogen-bond donors (Lipinski definition) is 0. The number of carbonyl (C=O) groups excluding carboxylic acids is 1. The first-order valence-corrected chi connectivity index (χ1v) is 3.88. The molecule has 0 bridgehead atoms. The summed E-state index contributed by atoms with van der Waals surface area (Å²) in [5.41, 5.74) is 0.501. The first-order chi connectivity index (χ1) is 5.74. The van der Waals surface area contributed by atoms with E-state index in [2.05, 4.69) is 6.07 Å². The lowest BCUT2D eigenvalue weighted by molar-refractivity contribution is -0.385. The van der Waals surface area contributed by atoms with Crippen molar-refractivity contribution in [2.45, 2.75) is 4.90 Å². The van der Waals surface area contributed by atoms with Crippen LogP contribution in [0.2, 0.25) is 0 Å². The van der Waals surface area contributed by atoms with E-state index >= 15 is 0 Å². The fraction of sp³-hybridized carbons (Fsp3) is 0. The molecule has 61 valence electrons. The summed E-state index contributed by atoms with van der Waals surface area (Å²) in [5, 5.41) is 10.2. The molecule has 0 heterocycles. The third kappa shape index (κ3) is 2.06. The molecular weight excluding hydrogens is 178 g/mol. The van der Waals surface area contributed by atoms with Gasteiger partial charge in [0.05, 0.1) is 11.0 Å². The lowest BCUT2D eigenvalue weighted by Crippen LogP contribution is -1.87. The molecule has 1 rings (SSSR count). The van der Waals surface area contributed by atoms with Gasteiger partial charge in [-0.1, -0.05) is 11.8 Å². The van der Waals surface area contributed by atoms with E-state index in [-0.39, 0.29) is 5.69 Å². The predicted octanol–water partition coefficient (Wildman–Crippen LogP) is 1.68. The highest BCUT2D eigenvalue weighted by Crippen LogP contribution is 2.19. The molecule has 1 aromatic rings. The van der Waals surface area contributed by atoms with Crippen LogP contribution < -0.4 is 0 Å². The van der Waals surface area contributed by atoms with Gasteiger partial charge < -0.3 is 0 Å². The Bertz CT molecular complexity index is 313. The second kappa shape index (κ2) is 3.87. The molecule has 0 N–H and O–H groups in total. The van der Waals surface area contributed by atoms with Crippen molar-refractivity contribution in [3.63, 3.8) is 0 Å². The predicted molar refractivity (Wildman–Crippen MR) is 44.5 cm³/mol. The van der Waals surface area contributed by atoms with Crippen molar-refractivity contribution in [1.82, 2.24) is 0 Å². The van der Waals surface area contributed by atoms with Gasteiger partial charge in [-0.15, -0.1) is 0 Å². The molecule has 0 fully saturated rings. The molecule has 0 saturated carbocycles. The lowest BCUT2D eigenvalue weighted by atomic mass is 10.3. The van der Waals surface area contributed by atoms with Crippen molar-refractivity contribution < 1.29 is 9.72 Å². The second-order valence-corrected chi connectivity index (χ2v) is 2.78. The van der Waals surface area contributed by atoms with Crippen molar-refractivity contribution in [3.8, 4) is 0 Å². The number of rotatable bonds is 3. The number of carbonyl (C=O) groups is 1. The Morgan fingerprint density at radius 3 is 3.00 bits per heavy atom. The monoisotopic (exact) mass is 182 g/mol. The van der Waals surface area contributed by atoms with Gasteiger partial charge in [-0.05, 0) is 12.1 Å². The first-order valence-electron chi connectivity index (χ1n) is 3.00. The van der Waals surface area contributed by atoms with E-state index in [1.54, 1.807) is 6.07 Å². The highest BCUT2D eigenvalue weighted by Gasteiger charge is 2.05. The lowest BCUT2D eigenvalue weighted by Gasteiger charge is -1.92. The van der Waals surface area contributed by atoms with Crippen LogP contribution in [0.1, 0.15) is 0 Å². The van der Waals surface area contributed by atoms with Crippen molar-refractivity contribution >= 4 is 23.1 Å². The maximum absolute atomic E-state index is 10.2. The summed E-state index contributed by atoms with van der Waals surface area (Å²) < 4.78 is 0. The van der Waals surface area contributed by atoms with Crippen LogP contribution in [0.5, 0.6) is 0 Å². The van der Waals surface area contributed by atoms with Gasteiger partial charge in [-0.2, -0.15) is 0 Å². The Balaban J connectivity index is 2.95. The molecule has 0 atom stereocenters. The summed E-state index contributed by atoms with van der Waals surface area (Å²) in [6.45, 7) is 0. The summed E-state index contributed by atoms with van der Waals surface area (Å²) in [5.74, 6) is 0. The van der Waals surface area contributed by atoms with E-state index < -0.39 is 4.92 Å². The highest BCUT2D eigenvalue weighted by atomic mass is 32.2. The van der Waals surface area contributed by atoms with E-state index in [9.17, 15) is 14.9 Å². The van der Waals surface area contributed by atoms with Crippen LogP contribution >= 0.6 is 11.8 Å². The molecule has 5 heteroatoms. The molecule has 0 saturated heterocycles. The van der Waals surface area contributed by atoms with Gasteiger partial charge in [0, 0.05) is 11.0 Å². The average Bonchev–Trinajstić information content (AvgIpc) is 2.05. The average molecular weight is 182 g/mol. The molecule has 1 aromatic carbocycles. The molecular formula is C7H4NO3S. The number of non-ortho nitro benzene ring substituents is 1. The second-order valence-electron chi connectivity index (χ2n) is 1.88. The number of nitro benzene ring substituents is 1. The summed E-state index contributed by atoms with van der Waals surface area (Å²) in [6.07, 6.45) is 0. The van der Waals surface area contributed by atoms with Gasteiger partial charge in [-0.3, -0.25) is 14.9 Å². The summed E-state index contributed by atoms with van der Waals surface area (Å²) in [7, 11) is 0. The molecule has 0 aliphatic carbocycles. The van der Waals surface area contributed by atoms with Crippen LogP contribution in [0.25, 0.3) is 0 Å². The minimum atomic E-state index is -0.547. The van der Waals surface area contributed by atoms with E-state index in [0.29, 0.717) is 10.5 Å². The van der Waals surface area contributed by atoms with Gasteiger partial charge >= 0.3 is 0 Å². The van der Waals surface area contributed by atoms with Crippen LogP contribution in [0.15, 0.2) is 23.1 Å². The quantitative estimate of drug-likeness (QED) is 0.309. The number of thioether (sulfide) groups is 1. The molecule has 4 nitrogen and oxygen atoms in total. The fourth-order valence-corrected chi connectivity index (χ4v) is 1.11. The normalized spacial score (nSPS) is 9.33. The minimum Gasteiger partial charge on any atom is -0.291 e. The zero-order chi connectivity index (χ0) is 8.97. The summed E-state index contributed by atoms with van der Waals surface area (Å²) in [4.78, 5) is 20.3. The van der Waals surface area contributed by atoms with Crippen molar-refractivity contribution in [2.24, 2.45) is 0 Å². The molecule has 1 radical (unpaired) electrons. The molecule has 0 aliphatic heterocycles. The Hall–Kier alpha value is -1.36. The maximum Gasteiger partial charge on any atom is 0.278 e. The van der Waals surface area contributed by atoms with E-state index in [4.69, 9.17) is 0 Å². The zero-order valence-electron chi connectivity index (χ0n) is 5.89. The van der Waals surface area contributed by atoms with E-state index in [1.807, 2.05) is 0 Å². The minimum absolute atomic E-state index is 0.123.